The Kier molecular flexibility index (Phi) is 6.13. The van der Waals surface area contributed by atoms with Gasteiger partial charge < -0.3 is 5.32 Å². The van der Waals surface area contributed by atoms with Crippen LogP contribution >= 0.6 is 0 Å². The summed E-state index contributed by atoms with van der Waals surface area (Å²) in [5.74, 6) is 0.525. The summed E-state index contributed by atoms with van der Waals surface area (Å²) in [6.07, 6.45) is 15.6. The first-order chi connectivity index (χ1) is 16.2. The molecule has 1 N–H and O–H groups in total. The summed E-state index contributed by atoms with van der Waals surface area (Å²) in [4.78, 5) is 0. The summed E-state index contributed by atoms with van der Waals surface area (Å²) in [7, 11) is 0. The van der Waals surface area contributed by atoms with Crippen LogP contribution < -0.4 is 5.32 Å². The third kappa shape index (κ3) is 4.64. The van der Waals surface area contributed by atoms with Crippen molar-refractivity contribution in [1.29, 1.82) is 0 Å². The first kappa shape index (κ1) is 21.3. The van der Waals surface area contributed by atoms with Gasteiger partial charge in [0.05, 0.1) is 0 Å². The van der Waals surface area contributed by atoms with Crippen molar-refractivity contribution in [2.24, 2.45) is 5.92 Å². The van der Waals surface area contributed by atoms with Crippen molar-refractivity contribution >= 4 is 11.3 Å². The normalized spacial score (nSPS) is 19.6. The van der Waals surface area contributed by atoms with E-state index in [9.17, 15) is 0 Å². The second-order valence-corrected chi connectivity index (χ2v) is 9.11. The summed E-state index contributed by atoms with van der Waals surface area (Å²) in [5, 5.41) is 3.71. The molecular formula is C32H31N. The van der Waals surface area contributed by atoms with Gasteiger partial charge in [-0.15, -0.1) is 0 Å². The van der Waals surface area contributed by atoms with Crippen LogP contribution in [0.15, 0.2) is 109 Å². The SMILES string of the molecule is Cc1ccc(-c2ccc(-c3ccc4c(c3)NCC/C=C\C=C/C3=C4C=CCC3C)cc2)cc1. The van der Waals surface area contributed by atoms with E-state index in [0.29, 0.717) is 5.92 Å². The molecular weight excluding hydrogens is 398 g/mol. The molecule has 0 radical (unpaired) electrons. The van der Waals surface area contributed by atoms with Crippen molar-refractivity contribution in [3.63, 3.8) is 0 Å². The Morgan fingerprint density at radius 1 is 0.727 bits per heavy atom. The number of nitrogens with one attached hydrogen (secondary N) is 1. The zero-order valence-corrected chi connectivity index (χ0v) is 19.5. The standard InChI is InChI=1S/C32H31N/c1-23-11-13-25(14-12-23)26-15-17-27(18-16-26)28-19-20-31-30-10-7-8-24(2)29(30)9-5-3-4-6-21-33-32(31)22-28/h3-5,7,9-20,22,24,33H,6,8,21H2,1-2H3/b4-3-,9-5-. The summed E-state index contributed by atoms with van der Waals surface area (Å²) in [6.45, 7) is 5.38. The lowest BCUT2D eigenvalue weighted by Gasteiger charge is -2.22. The second kappa shape index (κ2) is 9.50. The Bertz CT molecular complexity index is 1250. The molecule has 3 aromatic rings. The van der Waals surface area contributed by atoms with Crippen molar-refractivity contribution < 1.29 is 0 Å². The maximum Gasteiger partial charge on any atom is 0.0426 e. The number of hydrogen-bond donors (Lipinski definition) is 1. The first-order valence-corrected chi connectivity index (χ1v) is 12.0. The maximum absolute atomic E-state index is 3.71. The van der Waals surface area contributed by atoms with Crippen LogP contribution in [0.2, 0.25) is 0 Å². The number of hydrogen-bond acceptors (Lipinski definition) is 1. The van der Waals surface area contributed by atoms with Gasteiger partial charge in [-0.2, -0.15) is 0 Å². The van der Waals surface area contributed by atoms with Gasteiger partial charge in [-0.25, -0.2) is 0 Å². The fraction of sp³-hybridized carbons (Fsp3) is 0.188. The number of aryl methyl sites for hydroxylation is 1. The molecule has 33 heavy (non-hydrogen) atoms. The number of fused-ring (bicyclic) bond motifs is 2. The lowest BCUT2D eigenvalue weighted by Crippen LogP contribution is -2.07. The zero-order valence-electron chi connectivity index (χ0n) is 19.5. The van der Waals surface area contributed by atoms with E-state index in [1.807, 2.05) is 0 Å². The monoisotopic (exact) mass is 429 g/mol. The highest BCUT2D eigenvalue weighted by Gasteiger charge is 2.18. The predicted molar refractivity (Wildman–Crippen MR) is 143 cm³/mol. The van der Waals surface area contributed by atoms with Crippen molar-refractivity contribution in [3.05, 3.63) is 120 Å². The molecule has 3 aromatic carbocycles. The minimum atomic E-state index is 0.525. The summed E-state index contributed by atoms with van der Waals surface area (Å²) < 4.78 is 0. The molecule has 1 heteroatoms. The van der Waals surface area contributed by atoms with E-state index in [0.717, 1.165) is 19.4 Å². The topological polar surface area (TPSA) is 12.0 Å². The highest BCUT2D eigenvalue weighted by Crippen LogP contribution is 2.38. The molecule has 0 saturated heterocycles. The minimum absolute atomic E-state index is 0.525. The summed E-state index contributed by atoms with van der Waals surface area (Å²) >= 11 is 0. The van der Waals surface area contributed by atoms with Crippen LogP contribution in [-0.2, 0) is 0 Å². The van der Waals surface area contributed by atoms with Gasteiger partial charge in [-0.3, -0.25) is 0 Å². The van der Waals surface area contributed by atoms with E-state index in [1.54, 1.807) is 0 Å². The molecule has 0 saturated carbocycles. The van der Waals surface area contributed by atoms with Gasteiger partial charge in [0, 0.05) is 17.8 Å². The van der Waals surface area contributed by atoms with Crippen LogP contribution in [0.25, 0.3) is 27.8 Å². The molecule has 1 unspecified atom stereocenters. The molecule has 0 aromatic heterocycles. The van der Waals surface area contributed by atoms with Gasteiger partial charge in [0.2, 0.25) is 0 Å². The lowest BCUT2D eigenvalue weighted by atomic mass is 9.84. The Balaban J connectivity index is 1.52. The van der Waals surface area contributed by atoms with Crippen LogP contribution in [0.1, 0.15) is 30.9 Å². The minimum Gasteiger partial charge on any atom is -0.384 e. The molecule has 1 atom stereocenters. The van der Waals surface area contributed by atoms with Gasteiger partial charge in [-0.05, 0) is 65.1 Å². The van der Waals surface area contributed by atoms with Crippen molar-refractivity contribution in [2.45, 2.75) is 26.7 Å². The Morgan fingerprint density at radius 2 is 1.39 bits per heavy atom. The van der Waals surface area contributed by atoms with Crippen LogP contribution in [0.3, 0.4) is 0 Å². The molecule has 2 aliphatic rings. The molecule has 1 aliphatic carbocycles. The van der Waals surface area contributed by atoms with E-state index in [4.69, 9.17) is 0 Å². The first-order valence-electron chi connectivity index (χ1n) is 12.0. The number of benzene rings is 3. The molecule has 0 amide bonds. The smallest absolute Gasteiger partial charge is 0.0426 e. The van der Waals surface area contributed by atoms with Crippen molar-refractivity contribution in [3.8, 4) is 22.3 Å². The molecule has 5 rings (SSSR count). The Labute approximate surface area is 197 Å². The van der Waals surface area contributed by atoms with E-state index in [1.165, 1.54) is 50.2 Å². The van der Waals surface area contributed by atoms with E-state index in [2.05, 4.69) is 122 Å². The van der Waals surface area contributed by atoms with E-state index < -0.39 is 0 Å². The highest BCUT2D eigenvalue weighted by molar-refractivity contribution is 5.88. The second-order valence-electron chi connectivity index (χ2n) is 9.11. The van der Waals surface area contributed by atoms with E-state index >= 15 is 0 Å². The fourth-order valence-corrected chi connectivity index (χ4v) is 4.71. The average molecular weight is 430 g/mol. The van der Waals surface area contributed by atoms with Crippen molar-refractivity contribution in [1.82, 2.24) is 0 Å². The predicted octanol–water partition coefficient (Wildman–Crippen LogP) is 8.61. The third-order valence-electron chi connectivity index (χ3n) is 6.68. The number of rotatable bonds is 2. The number of allylic oxidation sites excluding steroid dienone is 7. The van der Waals surface area contributed by atoms with Gasteiger partial charge >= 0.3 is 0 Å². The quantitative estimate of drug-likeness (QED) is 0.430. The average Bonchev–Trinajstić information content (AvgIpc) is 2.88. The van der Waals surface area contributed by atoms with Gasteiger partial charge in [0.25, 0.3) is 0 Å². The molecule has 0 spiro atoms. The van der Waals surface area contributed by atoms with Crippen LogP contribution in [-0.4, -0.2) is 6.54 Å². The molecule has 0 fully saturated rings. The molecule has 164 valence electrons. The Hall–Kier alpha value is -3.58. The van der Waals surface area contributed by atoms with Gasteiger partial charge in [0.1, 0.15) is 0 Å². The molecule has 1 nitrogen and oxygen atoms in total. The summed E-state index contributed by atoms with van der Waals surface area (Å²) in [6, 6.07) is 24.5. The van der Waals surface area contributed by atoms with Gasteiger partial charge in [0.15, 0.2) is 0 Å². The largest absolute Gasteiger partial charge is 0.384 e. The van der Waals surface area contributed by atoms with Crippen LogP contribution in [0.5, 0.6) is 0 Å². The molecule has 1 heterocycles. The van der Waals surface area contributed by atoms with Crippen molar-refractivity contribution in [2.75, 3.05) is 11.9 Å². The zero-order chi connectivity index (χ0) is 22.6. The van der Waals surface area contributed by atoms with E-state index in [-0.39, 0.29) is 0 Å². The maximum atomic E-state index is 3.71. The van der Waals surface area contributed by atoms with Gasteiger partial charge in [-0.1, -0.05) is 110 Å². The summed E-state index contributed by atoms with van der Waals surface area (Å²) in [5.41, 5.74) is 11.5. The highest BCUT2D eigenvalue weighted by atomic mass is 14.9. The molecule has 1 aliphatic heterocycles. The molecule has 0 bridgehead atoms. The Morgan fingerprint density at radius 3 is 2.15 bits per heavy atom. The van der Waals surface area contributed by atoms with Crippen LogP contribution in [0.4, 0.5) is 5.69 Å². The lowest BCUT2D eigenvalue weighted by molar-refractivity contribution is 0.708. The van der Waals surface area contributed by atoms with Crippen LogP contribution in [0, 0.1) is 12.8 Å². The third-order valence-corrected chi connectivity index (χ3v) is 6.68. The fourth-order valence-electron chi connectivity index (χ4n) is 4.71. The number of anilines is 1.